The smallest absolute Gasteiger partial charge is 0.203 e. The van der Waals surface area contributed by atoms with Crippen LogP contribution in [0, 0.1) is 11.6 Å². The summed E-state index contributed by atoms with van der Waals surface area (Å²) < 4.78 is 42.4. The zero-order valence-corrected chi connectivity index (χ0v) is 15.4. The van der Waals surface area contributed by atoms with E-state index in [1.807, 2.05) is 0 Å². The van der Waals surface area contributed by atoms with E-state index in [-0.39, 0.29) is 0 Å². The van der Waals surface area contributed by atoms with Gasteiger partial charge in [-0.25, -0.2) is 18.7 Å². The van der Waals surface area contributed by atoms with Crippen molar-refractivity contribution < 1.29 is 23.0 Å². The topological polar surface area (TPSA) is 77.5 Å². The van der Waals surface area contributed by atoms with Crippen LogP contribution >= 0.6 is 0 Å². The van der Waals surface area contributed by atoms with E-state index >= 15 is 0 Å². The number of nitrogens with one attached hydrogen (secondary N) is 2. The minimum absolute atomic E-state index is 0.358. The van der Waals surface area contributed by atoms with Gasteiger partial charge in [-0.1, -0.05) is 0 Å². The fourth-order valence-corrected chi connectivity index (χ4v) is 2.52. The van der Waals surface area contributed by atoms with Crippen molar-refractivity contribution >= 4 is 23.0 Å². The van der Waals surface area contributed by atoms with Crippen LogP contribution in [0.5, 0.6) is 17.2 Å². The van der Waals surface area contributed by atoms with Gasteiger partial charge in [0.2, 0.25) is 5.75 Å². The quantitative estimate of drug-likeness (QED) is 0.626. The van der Waals surface area contributed by atoms with Crippen LogP contribution in [0.2, 0.25) is 0 Å². The molecule has 0 atom stereocenters. The Morgan fingerprint density at radius 3 is 1.86 bits per heavy atom. The van der Waals surface area contributed by atoms with E-state index in [0.29, 0.717) is 40.3 Å². The van der Waals surface area contributed by atoms with Gasteiger partial charge < -0.3 is 24.8 Å². The molecular weight excluding hydrogens is 370 g/mol. The van der Waals surface area contributed by atoms with Gasteiger partial charge in [-0.05, 0) is 12.1 Å². The fourth-order valence-electron chi connectivity index (χ4n) is 2.52. The zero-order valence-electron chi connectivity index (χ0n) is 15.4. The molecule has 0 spiro atoms. The van der Waals surface area contributed by atoms with E-state index in [1.54, 1.807) is 18.2 Å². The number of nitrogens with zero attached hydrogens (tertiary/aromatic N) is 2. The average molecular weight is 388 g/mol. The molecule has 2 N–H and O–H groups in total. The highest BCUT2D eigenvalue weighted by Gasteiger charge is 2.13. The second kappa shape index (κ2) is 8.38. The summed E-state index contributed by atoms with van der Waals surface area (Å²) in [7, 11) is 4.57. The second-order valence-corrected chi connectivity index (χ2v) is 5.58. The van der Waals surface area contributed by atoms with Crippen molar-refractivity contribution in [1.29, 1.82) is 0 Å². The van der Waals surface area contributed by atoms with Gasteiger partial charge in [-0.2, -0.15) is 0 Å². The number of benzene rings is 2. The van der Waals surface area contributed by atoms with Crippen molar-refractivity contribution in [1.82, 2.24) is 9.97 Å². The lowest BCUT2D eigenvalue weighted by molar-refractivity contribution is 0.324. The lowest BCUT2D eigenvalue weighted by Crippen LogP contribution is -2.01. The number of hydrogen-bond donors (Lipinski definition) is 2. The van der Waals surface area contributed by atoms with E-state index in [9.17, 15) is 8.78 Å². The summed E-state index contributed by atoms with van der Waals surface area (Å²) in [6.07, 6.45) is 1.34. The van der Waals surface area contributed by atoms with E-state index in [4.69, 9.17) is 14.2 Å². The Bertz CT molecular complexity index is 960. The van der Waals surface area contributed by atoms with E-state index < -0.39 is 11.6 Å². The predicted octanol–water partition coefficient (Wildman–Crippen LogP) is 4.27. The molecule has 3 aromatic rings. The molecule has 1 aromatic heterocycles. The Morgan fingerprint density at radius 1 is 0.714 bits per heavy atom. The first kappa shape index (κ1) is 19.2. The van der Waals surface area contributed by atoms with Crippen molar-refractivity contribution in [2.45, 2.75) is 0 Å². The van der Waals surface area contributed by atoms with E-state index in [0.717, 1.165) is 12.1 Å². The molecule has 0 saturated heterocycles. The SMILES string of the molecule is COc1cc(Nc2cc(Nc3ccc(F)c(F)c3)ncn2)cc(OC)c1OC. The van der Waals surface area contributed by atoms with Crippen LogP contribution in [0.25, 0.3) is 0 Å². The Hall–Kier alpha value is -3.62. The summed E-state index contributed by atoms with van der Waals surface area (Å²) in [6, 6.07) is 8.56. The second-order valence-electron chi connectivity index (χ2n) is 5.58. The monoisotopic (exact) mass is 388 g/mol. The molecule has 0 radical (unpaired) electrons. The first-order chi connectivity index (χ1) is 13.5. The van der Waals surface area contributed by atoms with Gasteiger partial charge in [-0.15, -0.1) is 0 Å². The Balaban J connectivity index is 1.83. The first-order valence-corrected chi connectivity index (χ1v) is 8.15. The van der Waals surface area contributed by atoms with Gasteiger partial charge >= 0.3 is 0 Å². The molecule has 7 nitrogen and oxygen atoms in total. The lowest BCUT2D eigenvalue weighted by Gasteiger charge is -2.15. The summed E-state index contributed by atoms with van der Waals surface area (Å²) in [4.78, 5) is 8.23. The number of halogens is 2. The van der Waals surface area contributed by atoms with Crippen LogP contribution < -0.4 is 24.8 Å². The van der Waals surface area contributed by atoms with Gasteiger partial charge in [0, 0.05) is 35.6 Å². The minimum Gasteiger partial charge on any atom is -0.493 e. The highest BCUT2D eigenvalue weighted by atomic mass is 19.2. The number of aromatic nitrogens is 2. The van der Waals surface area contributed by atoms with Crippen molar-refractivity contribution in [2.24, 2.45) is 0 Å². The summed E-state index contributed by atoms with van der Waals surface area (Å²) in [6.45, 7) is 0. The first-order valence-electron chi connectivity index (χ1n) is 8.15. The number of hydrogen-bond acceptors (Lipinski definition) is 7. The van der Waals surface area contributed by atoms with Crippen LogP contribution in [0.15, 0.2) is 42.7 Å². The summed E-state index contributed by atoms with van der Waals surface area (Å²) in [5.41, 5.74) is 1.00. The molecule has 2 aromatic carbocycles. The third-order valence-electron chi connectivity index (χ3n) is 3.80. The lowest BCUT2D eigenvalue weighted by atomic mass is 10.2. The molecule has 3 rings (SSSR count). The number of rotatable bonds is 7. The third-order valence-corrected chi connectivity index (χ3v) is 3.80. The Labute approximate surface area is 160 Å². The number of ether oxygens (including phenoxy) is 3. The maximum atomic E-state index is 13.4. The van der Waals surface area contributed by atoms with Crippen molar-refractivity contribution in [3.63, 3.8) is 0 Å². The van der Waals surface area contributed by atoms with Crippen LogP contribution in [0.4, 0.5) is 31.8 Å². The minimum atomic E-state index is -0.949. The maximum absolute atomic E-state index is 13.4. The molecule has 146 valence electrons. The number of anilines is 4. The molecule has 0 amide bonds. The van der Waals surface area contributed by atoms with Crippen LogP contribution in [0.3, 0.4) is 0 Å². The normalized spacial score (nSPS) is 10.3. The van der Waals surface area contributed by atoms with Gasteiger partial charge in [0.1, 0.15) is 18.0 Å². The highest BCUT2D eigenvalue weighted by Crippen LogP contribution is 2.40. The summed E-state index contributed by atoms with van der Waals surface area (Å²) in [5, 5.41) is 6.00. The molecule has 28 heavy (non-hydrogen) atoms. The van der Waals surface area contributed by atoms with Crippen molar-refractivity contribution in [2.75, 3.05) is 32.0 Å². The van der Waals surface area contributed by atoms with Crippen molar-refractivity contribution in [3.05, 3.63) is 54.4 Å². The molecule has 0 unspecified atom stereocenters. The van der Waals surface area contributed by atoms with Gasteiger partial charge in [0.05, 0.1) is 21.3 Å². The molecule has 1 heterocycles. The van der Waals surface area contributed by atoms with Crippen LogP contribution in [-0.4, -0.2) is 31.3 Å². The highest BCUT2D eigenvalue weighted by molar-refractivity contribution is 5.68. The molecule has 0 aliphatic carbocycles. The maximum Gasteiger partial charge on any atom is 0.203 e. The summed E-state index contributed by atoms with van der Waals surface area (Å²) >= 11 is 0. The largest absolute Gasteiger partial charge is 0.493 e. The Kier molecular flexibility index (Phi) is 5.73. The molecular formula is C19H18F2N4O3. The predicted molar refractivity (Wildman–Crippen MR) is 101 cm³/mol. The van der Waals surface area contributed by atoms with Gasteiger partial charge in [-0.3, -0.25) is 0 Å². The van der Waals surface area contributed by atoms with Crippen LogP contribution in [-0.2, 0) is 0 Å². The molecule has 0 fully saturated rings. The van der Waals surface area contributed by atoms with Gasteiger partial charge in [0.25, 0.3) is 0 Å². The Morgan fingerprint density at radius 2 is 1.32 bits per heavy atom. The number of methoxy groups -OCH3 is 3. The molecule has 0 saturated carbocycles. The summed E-state index contributed by atoms with van der Waals surface area (Å²) in [5.74, 6) is 0.439. The van der Waals surface area contributed by atoms with Gasteiger partial charge in [0.15, 0.2) is 23.1 Å². The van der Waals surface area contributed by atoms with E-state index in [2.05, 4.69) is 20.6 Å². The fraction of sp³-hybridized carbons (Fsp3) is 0.158. The molecule has 9 heteroatoms. The van der Waals surface area contributed by atoms with Crippen LogP contribution in [0.1, 0.15) is 0 Å². The standard InChI is InChI=1S/C19H18F2N4O3/c1-26-15-7-12(8-16(27-2)19(15)28-3)25-18-9-17(22-10-23-18)24-11-4-5-13(20)14(21)6-11/h4-10H,1-3H3,(H2,22,23,24,25). The average Bonchev–Trinajstić information content (AvgIpc) is 2.70. The molecule has 0 aliphatic heterocycles. The zero-order chi connectivity index (χ0) is 20.1. The molecule has 0 bridgehead atoms. The van der Waals surface area contributed by atoms with E-state index in [1.165, 1.54) is 33.7 Å². The third kappa shape index (κ3) is 4.20. The molecule has 0 aliphatic rings. The van der Waals surface area contributed by atoms with Crippen molar-refractivity contribution in [3.8, 4) is 17.2 Å².